The molecule has 0 unspecified atom stereocenters. The number of carboxylic acids is 1. The monoisotopic (exact) mass is 698 g/mol. The number of benzene rings is 3. The van der Waals surface area contributed by atoms with Crippen molar-refractivity contribution in [2.45, 2.75) is 75.1 Å². The lowest BCUT2D eigenvalue weighted by Gasteiger charge is -2.36. The van der Waals surface area contributed by atoms with Gasteiger partial charge in [-0.25, -0.2) is 9.78 Å². The van der Waals surface area contributed by atoms with Crippen LogP contribution in [0.3, 0.4) is 0 Å². The molecule has 1 aliphatic heterocycles. The van der Waals surface area contributed by atoms with E-state index in [9.17, 15) is 24.6 Å². The van der Waals surface area contributed by atoms with Gasteiger partial charge in [0.2, 0.25) is 11.8 Å². The molecule has 1 aliphatic rings. The Balaban J connectivity index is 1.14. The summed E-state index contributed by atoms with van der Waals surface area (Å²) >= 11 is 1.32. The van der Waals surface area contributed by atoms with Gasteiger partial charge in [-0.2, -0.15) is 0 Å². The average molecular weight is 699 g/mol. The molecular weight excluding hydrogens is 657 g/mol. The van der Waals surface area contributed by atoms with E-state index < -0.39 is 12.3 Å². The van der Waals surface area contributed by atoms with E-state index in [4.69, 9.17) is 15.2 Å². The number of amides is 2. The van der Waals surface area contributed by atoms with Gasteiger partial charge >= 0.3 is 5.97 Å². The Morgan fingerprint density at radius 1 is 0.840 bits per heavy atom. The number of carbonyl (C=O) groups excluding carboxylic acids is 2. The molecule has 6 N–H and O–H groups in total. The number of nitrogens with one attached hydrogen (secondary N) is 2. The van der Waals surface area contributed by atoms with Crippen LogP contribution in [0.4, 0.5) is 17.1 Å². The topological polar surface area (TPSA) is 173 Å². The van der Waals surface area contributed by atoms with E-state index in [1.807, 2.05) is 60.7 Å². The molecule has 2 heterocycles. The van der Waals surface area contributed by atoms with E-state index in [2.05, 4.69) is 15.6 Å². The molecule has 0 saturated carbocycles. The number of aliphatic hydroxyl groups excluding tert-OH is 1. The number of nitrogens with zero attached hydrogens (tertiary/aromatic N) is 1. The summed E-state index contributed by atoms with van der Waals surface area (Å²) in [5, 5.41) is 25.3. The summed E-state index contributed by atoms with van der Waals surface area (Å²) in [7, 11) is 0. The third-order valence-electron chi connectivity index (χ3n) is 8.26. The Kier molecular flexibility index (Phi) is 13.4. The van der Waals surface area contributed by atoms with Gasteiger partial charge in [-0.1, -0.05) is 61.4 Å². The number of unbranched alkanes of at least 4 members (excludes halogenated alkanes) is 3. The number of nitrogens with two attached hydrogens (primary N) is 1. The minimum absolute atomic E-state index is 0.0600. The number of rotatable bonds is 16. The number of carboxylic acid groups (broad SMARTS) is 1. The zero-order valence-corrected chi connectivity index (χ0v) is 28.4. The molecule has 2 amide bonds. The van der Waals surface area contributed by atoms with Gasteiger partial charge in [-0.3, -0.25) is 9.59 Å². The van der Waals surface area contributed by atoms with E-state index in [0.717, 1.165) is 36.0 Å². The fourth-order valence-electron chi connectivity index (χ4n) is 5.60. The van der Waals surface area contributed by atoms with E-state index in [0.29, 0.717) is 53.5 Å². The fraction of sp³-hybridized carbons (Fsp3) is 0.316. The van der Waals surface area contributed by atoms with Crippen LogP contribution in [0.2, 0.25) is 0 Å². The second-order valence-corrected chi connectivity index (χ2v) is 13.1. The van der Waals surface area contributed by atoms with Crippen LogP contribution in [0.25, 0.3) is 0 Å². The molecular formula is C38H42N4O7S. The minimum atomic E-state index is -1.04. The summed E-state index contributed by atoms with van der Waals surface area (Å²) < 4.78 is 12.8. The van der Waals surface area contributed by atoms with Crippen molar-refractivity contribution in [1.29, 1.82) is 0 Å². The zero-order chi connectivity index (χ0) is 35.3. The van der Waals surface area contributed by atoms with Crippen molar-refractivity contribution in [2.24, 2.45) is 0 Å². The molecule has 1 fully saturated rings. The number of pyridine rings is 1. The first kappa shape index (κ1) is 36.5. The molecule has 1 saturated heterocycles. The third-order valence-corrected chi connectivity index (χ3v) is 9.39. The summed E-state index contributed by atoms with van der Waals surface area (Å²) in [5.74, 6) is -0.777. The van der Waals surface area contributed by atoms with Crippen molar-refractivity contribution in [2.75, 3.05) is 22.1 Å². The van der Waals surface area contributed by atoms with Crippen LogP contribution in [-0.4, -0.2) is 44.8 Å². The van der Waals surface area contributed by atoms with Gasteiger partial charge in [0.05, 0.1) is 35.8 Å². The van der Waals surface area contributed by atoms with Gasteiger partial charge in [0.1, 0.15) is 5.03 Å². The van der Waals surface area contributed by atoms with Gasteiger partial charge < -0.3 is 36.1 Å². The lowest BCUT2D eigenvalue weighted by Crippen LogP contribution is -2.31. The highest BCUT2D eigenvalue weighted by Gasteiger charge is 2.33. The Labute approximate surface area is 295 Å². The van der Waals surface area contributed by atoms with Gasteiger partial charge in [0, 0.05) is 42.5 Å². The van der Waals surface area contributed by atoms with Gasteiger partial charge in [-0.15, -0.1) is 11.8 Å². The first-order chi connectivity index (χ1) is 24.3. The van der Waals surface area contributed by atoms with Crippen molar-refractivity contribution >= 4 is 46.6 Å². The number of aliphatic hydroxyl groups is 1. The summed E-state index contributed by atoms with van der Waals surface area (Å²) in [6.45, 7) is -0.0600. The zero-order valence-electron chi connectivity index (χ0n) is 27.6. The highest BCUT2D eigenvalue weighted by Crippen LogP contribution is 2.40. The Hall–Kier alpha value is -4.75. The van der Waals surface area contributed by atoms with E-state index in [-0.39, 0.29) is 36.2 Å². The number of anilines is 3. The molecule has 12 heteroatoms. The number of aromatic nitrogens is 1. The number of ether oxygens (including phenoxy) is 2. The molecule has 11 nitrogen and oxygen atoms in total. The lowest BCUT2D eigenvalue weighted by molar-refractivity contribution is -0.245. The van der Waals surface area contributed by atoms with Crippen molar-refractivity contribution in [3.63, 3.8) is 0 Å². The Morgan fingerprint density at radius 3 is 2.30 bits per heavy atom. The number of carbonyl (C=O) groups is 3. The highest BCUT2D eigenvalue weighted by atomic mass is 32.2. The van der Waals surface area contributed by atoms with Crippen molar-refractivity contribution in [3.8, 4) is 0 Å². The summed E-state index contributed by atoms with van der Waals surface area (Å²) in [4.78, 5) is 41.0. The molecule has 3 atom stereocenters. The lowest BCUT2D eigenvalue weighted by atomic mass is 10.0. The van der Waals surface area contributed by atoms with Gasteiger partial charge in [0.25, 0.3) is 0 Å². The maximum absolute atomic E-state index is 12.8. The van der Waals surface area contributed by atoms with Crippen LogP contribution in [0.15, 0.2) is 96.2 Å². The number of nitrogen functional groups attached to an aromatic ring is 1. The average Bonchev–Trinajstić information content (AvgIpc) is 3.13. The Morgan fingerprint density at radius 2 is 1.58 bits per heavy atom. The first-order valence-corrected chi connectivity index (χ1v) is 17.6. The van der Waals surface area contributed by atoms with Crippen LogP contribution < -0.4 is 16.4 Å². The van der Waals surface area contributed by atoms with Crippen LogP contribution in [0.1, 0.15) is 84.4 Å². The van der Waals surface area contributed by atoms with Crippen molar-refractivity contribution < 1.29 is 34.1 Å². The van der Waals surface area contributed by atoms with Crippen LogP contribution in [0.5, 0.6) is 0 Å². The summed E-state index contributed by atoms with van der Waals surface area (Å²) in [6.07, 6.45) is 4.54. The maximum Gasteiger partial charge on any atom is 0.338 e. The van der Waals surface area contributed by atoms with E-state index in [1.165, 1.54) is 17.8 Å². The predicted octanol–water partition coefficient (Wildman–Crippen LogP) is 7.11. The largest absolute Gasteiger partial charge is 0.478 e. The molecule has 50 heavy (non-hydrogen) atoms. The number of aromatic carboxylic acids is 1. The number of hydrogen-bond acceptors (Lipinski definition) is 9. The molecule has 0 aliphatic carbocycles. The molecule has 4 aromatic rings. The molecule has 262 valence electrons. The van der Waals surface area contributed by atoms with Crippen LogP contribution in [-0.2, 0) is 25.7 Å². The Bertz CT molecular complexity index is 1750. The standard InChI is InChI=1S/C38H42N4O7S/c39-31-12-5-6-13-32(31)42-35(45)15-4-2-1-3-14-34(44)41-28-10-7-9-27(21-28)38-48-29(24-50-36-30(37(46)47)11-8-20-40-36)22-33(49-38)26-18-16-25(23-43)17-19-26/h5-13,16-21,29,33,38,43H,1-4,14-15,22-24,39H2,(H,41,44)(H,42,45)(H,46,47)/t29-,33+,38+/m1/s1. The number of hydrogen-bond donors (Lipinski definition) is 5. The molecule has 3 aromatic carbocycles. The molecule has 5 rings (SSSR count). The van der Waals surface area contributed by atoms with Crippen LogP contribution in [0, 0.1) is 0 Å². The first-order valence-electron chi connectivity index (χ1n) is 16.6. The van der Waals surface area contributed by atoms with Crippen LogP contribution >= 0.6 is 11.8 Å². The second kappa shape index (κ2) is 18.3. The SMILES string of the molecule is Nc1ccccc1NC(=O)CCCCCCC(=O)Nc1cccc([C@H]2O[C@@H](CSc3ncccc3C(=O)O)C[C@@H](c3ccc(CO)cc3)O2)c1. The third kappa shape index (κ3) is 10.6. The minimum Gasteiger partial charge on any atom is -0.478 e. The van der Waals surface area contributed by atoms with E-state index >= 15 is 0 Å². The normalized spacial score (nSPS) is 17.2. The molecule has 0 bridgehead atoms. The molecule has 0 spiro atoms. The van der Waals surface area contributed by atoms with Crippen molar-refractivity contribution in [3.05, 3.63) is 113 Å². The van der Waals surface area contributed by atoms with Gasteiger partial charge in [-0.05, 0) is 60.4 Å². The van der Waals surface area contributed by atoms with E-state index in [1.54, 1.807) is 24.4 Å². The molecule has 0 radical (unpaired) electrons. The molecule has 1 aromatic heterocycles. The summed E-state index contributed by atoms with van der Waals surface area (Å²) in [6, 6.07) is 25.2. The fourth-order valence-corrected chi connectivity index (χ4v) is 6.60. The number of thioether (sulfide) groups is 1. The highest BCUT2D eigenvalue weighted by molar-refractivity contribution is 7.99. The smallest absolute Gasteiger partial charge is 0.338 e. The quantitative estimate of drug-likeness (QED) is 0.0461. The predicted molar refractivity (Wildman–Crippen MR) is 193 cm³/mol. The van der Waals surface area contributed by atoms with Gasteiger partial charge in [0.15, 0.2) is 6.29 Å². The second-order valence-electron chi connectivity index (χ2n) is 12.0. The maximum atomic E-state index is 12.8. The summed E-state index contributed by atoms with van der Waals surface area (Å²) in [5.41, 5.74) is 10.2. The van der Waals surface area contributed by atoms with Crippen molar-refractivity contribution in [1.82, 2.24) is 4.98 Å². The number of para-hydroxylation sites is 2.